The molecule has 2 heterocycles. The SMILES string of the molecule is CC(C)(C)c1c[nH]c(=S)n1-c1ccc2c(c1)OCCO2. The van der Waals surface area contributed by atoms with Crippen LogP contribution in [-0.4, -0.2) is 22.8 Å². The Bertz CT molecular complexity index is 695. The standard InChI is InChI=1S/C15H18N2O2S/c1-15(2,3)13-9-16-14(20)17(13)10-4-5-11-12(8-10)19-7-6-18-11/h4-5,8-9H,6-7H2,1-3H3,(H,16,20). The number of H-pyrrole nitrogens is 1. The predicted octanol–water partition coefficient (Wildman–Crippen LogP) is 3.60. The molecule has 1 aromatic heterocycles. The molecule has 0 fully saturated rings. The maximum absolute atomic E-state index is 5.64. The number of hydrogen-bond donors (Lipinski definition) is 1. The smallest absolute Gasteiger partial charge is 0.182 e. The van der Waals surface area contributed by atoms with Gasteiger partial charge in [0.25, 0.3) is 0 Å². The molecule has 3 rings (SSSR count). The summed E-state index contributed by atoms with van der Waals surface area (Å²) in [5.41, 5.74) is 2.13. The van der Waals surface area contributed by atoms with Crippen molar-refractivity contribution < 1.29 is 9.47 Å². The average molecular weight is 290 g/mol. The van der Waals surface area contributed by atoms with Crippen LogP contribution in [0.15, 0.2) is 24.4 Å². The number of rotatable bonds is 1. The predicted molar refractivity (Wildman–Crippen MR) is 80.6 cm³/mol. The third-order valence-corrected chi connectivity index (χ3v) is 3.63. The molecule has 20 heavy (non-hydrogen) atoms. The van der Waals surface area contributed by atoms with Crippen LogP contribution in [0, 0.1) is 4.77 Å². The van der Waals surface area contributed by atoms with Crippen LogP contribution < -0.4 is 9.47 Å². The summed E-state index contributed by atoms with van der Waals surface area (Å²) < 4.78 is 13.9. The number of aromatic nitrogens is 2. The van der Waals surface area contributed by atoms with Crippen LogP contribution in [-0.2, 0) is 5.41 Å². The van der Waals surface area contributed by atoms with Gasteiger partial charge in [-0.15, -0.1) is 0 Å². The van der Waals surface area contributed by atoms with Gasteiger partial charge in [-0.25, -0.2) is 0 Å². The van der Waals surface area contributed by atoms with Crippen LogP contribution in [0.1, 0.15) is 26.5 Å². The Labute approximate surface area is 123 Å². The zero-order valence-corrected chi connectivity index (χ0v) is 12.7. The fraction of sp³-hybridized carbons (Fsp3) is 0.400. The molecule has 2 aromatic rings. The lowest BCUT2D eigenvalue weighted by Crippen LogP contribution is -2.18. The second-order valence-electron chi connectivity index (χ2n) is 5.89. The minimum atomic E-state index is 0.000814. The van der Waals surface area contributed by atoms with Crippen molar-refractivity contribution in [1.82, 2.24) is 9.55 Å². The summed E-state index contributed by atoms with van der Waals surface area (Å²) in [7, 11) is 0. The fourth-order valence-electron chi connectivity index (χ4n) is 2.35. The van der Waals surface area contributed by atoms with Gasteiger partial charge in [-0.3, -0.25) is 4.57 Å². The van der Waals surface area contributed by atoms with Crippen LogP contribution in [0.3, 0.4) is 0 Å². The molecule has 1 N–H and O–H groups in total. The molecule has 0 atom stereocenters. The first-order chi connectivity index (χ1) is 9.47. The van der Waals surface area contributed by atoms with Crippen LogP contribution in [0.4, 0.5) is 0 Å². The first kappa shape index (κ1) is 13.2. The number of nitrogens with one attached hydrogen (secondary N) is 1. The Morgan fingerprint density at radius 3 is 2.55 bits per heavy atom. The Morgan fingerprint density at radius 1 is 1.15 bits per heavy atom. The van der Waals surface area contributed by atoms with Crippen LogP contribution in [0.25, 0.3) is 5.69 Å². The van der Waals surface area contributed by atoms with Gasteiger partial charge >= 0.3 is 0 Å². The van der Waals surface area contributed by atoms with E-state index in [-0.39, 0.29) is 5.41 Å². The second kappa shape index (κ2) is 4.66. The molecule has 0 saturated carbocycles. The normalized spacial score (nSPS) is 14.3. The summed E-state index contributed by atoms with van der Waals surface area (Å²) >= 11 is 5.41. The summed E-state index contributed by atoms with van der Waals surface area (Å²) in [5, 5.41) is 0. The van der Waals surface area contributed by atoms with Crippen LogP contribution in [0.5, 0.6) is 11.5 Å². The highest BCUT2D eigenvalue weighted by molar-refractivity contribution is 7.71. The first-order valence-corrected chi connectivity index (χ1v) is 7.08. The Kier molecular flexibility index (Phi) is 3.09. The Balaban J connectivity index is 2.14. The summed E-state index contributed by atoms with van der Waals surface area (Å²) in [6.07, 6.45) is 1.97. The van der Waals surface area contributed by atoms with Crippen LogP contribution in [0.2, 0.25) is 0 Å². The molecule has 0 saturated heterocycles. The lowest BCUT2D eigenvalue weighted by atomic mass is 9.92. The van der Waals surface area contributed by atoms with E-state index in [1.165, 1.54) is 0 Å². The highest BCUT2D eigenvalue weighted by Gasteiger charge is 2.21. The zero-order valence-electron chi connectivity index (χ0n) is 11.9. The second-order valence-corrected chi connectivity index (χ2v) is 6.28. The molecule has 1 aliphatic rings. The van der Waals surface area contributed by atoms with E-state index in [2.05, 4.69) is 25.8 Å². The zero-order chi connectivity index (χ0) is 14.3. The molecule has 0 radical (unpaired) electrons. The third kappa shape index (κ3) is 2.22. The molecule has 1 aromatic carbocycles. The monoisotopic (exact) mass is 290 g/mol. The molecule has 0 spiro atoms. The number of aromatic amines is 1. The van der Waals surface area contributed by atoms with Crippen LogP contribution >= 0.6 is 12.2 Å². The van der Waals surface area contributed by atoms with Crippen molar-refractivity contribution >= 4 is 12.2 Å². The molecule has 5 heteroatoms. The van der Waals surface area contributed by atoms with Crippen molar-refractivity contribution in [2.45, 2.75) is 26.2 Å². The fourth-order valence-corrected chi connectivity index (χ4v) is 2.61. The number of ether oxygens (including phenoxy) is 2. The first-order valence-electron chi connectivity index (χ1n) is 6.68. The number of imidazole rings is 1. The van der Waals surface area contributed by atoms with Crippen molar-refractivity contribution in [3.63, 3.8) is 0 Å². The molecular formula is C15H18N2O2S. The minimum Gasteiger partial charge on any atom is -0.486 e. The van der Waals surface area contributed by atoms with E-state index in [1.807, 2.05) is 29.0 Å². The molecule has 1 aliphatic heterocycles. The lowest BCUT2D eigenvalue weighted by Gasteiger charge is -2.23. The molecule has 0 bridgehead atoms. The van der Waals surface area contributed by atoms with Gasteiger partial charge in [0.05, 0.1) is 5.69 Å². The maximum Gasteiger partial charge on any atom is 0.182 e. The van der Waals surface area contributed by atoms with Gasteiger partial charge in [0.2, 0.25) is 0 Å². The maximum atomic E-state index is 5.64. The van der Waals surface area contributed by atoms with Crippen molar-refractivity contribution in [3.05, 3.63) is 34.9 Å². The van der Waals surface area contributed by atoms with E-state index in [0.29, 0.717) is 18.0 Å². The van der Waals surface area contributed by atoms with Gasteiger partial charge in [-0.2, -0.15) is 0 Å². The van der Waals surface area contributed by atoms with Gasteiger partial charge in [0.15, 0.2) is 16.3 Å². The van der Waals surface area contributed by atoms with Gasteiger partial charge in [-0.05, 0) is 24.4 Å². The third-order valence-electron chi connectivity index (χ3n) is 3.33. The van der Waals surface area contributed by atoms with E-state index < -0.39 is 0 Å². The summed E-state index contributed by atoms with van der Waals surface area (Å²) in [4.78, 5) is 3.13. The molecule has 0 aliphatic carbocycles. The lowest BCUT2D eigenvalue weighted by molar-refractivity contribution is 0.171. The van der Waals surface area contributed by atoms with Gasteiger partial charge < -0.3 is 14.5 Å². The molecular weight excluding hydrogens is 272 g/mol. The van der Waals surface area contributed by atoms with E-state index in [0.717, 1.165) is 22.9 Å². The largest absolute Gasteiger partial charge is 0.486 e. The number of nitrogens with zero attached hydrogens (tertiary/aromatic N) is 1. The van der Waals surface area contributed by atoms with Crippen molar-refractivity contribution in [1.29, 1.82) is 0 Å². The van der Waals surface area contributed by atoms with Gasteiger partial charge in [0, 0.05) is 23.4 Å². The number of benzene rings is 1. The molecule has 0 unspecified atom stereocenters. The van der Waals surface area contributed by atoms with E-state index in [9.17, 15) is 0 Å². The Hall–Kier alpha value is -1.75. The highest BCUT2D eigenvalue weighted by atomic mass is 32.1. The van der Waals surface area contributed by atoms with E-state index in [1.54, 1.807) is 0 Å². The average Bonchev–Trinajstić information content (AvgIpc) is 2.80. The van der Waals surface area contributed by atoms with E-state index >= 15 is 0 Å². The van der Waals surface area contributed by atoms with Crippen molar-refractivity contribution in [2.24, 2.45) is 0 Å². The summed E-state index contributed by atoms with van der Waals surface area (Å²) in [6.45, 7) is 7.68. The van der Waals surface area contributed by atoms with Gasteiger partial charge in [0.1, 0.15) is 13.2 Å². The summed E-state index contributed by atoms with van der Waals surface area (Å²) in [5.74, 6) is 1.57. The molecule has 0 amide bonds. The van der Waals surface area contributed by atoms with Gasteiger partial charge in [-0.1, -0.05) is 20.8 Å². The van der Waals surface area contributed by atoms with Crippen molar-refractivity contribution in [3.8, 4) is 17.2 Å². The van der Waals surface area contributed by atoms with E-state index in [4.69, 9.17) is 21.7 Å². The van der Waals surface area contributed by atoms with Crippen molar-refractivity contribution in [2.75, 3.05) is 13.2 Å². The highest BCUT2D eigenvalue weighted by Crippen LogP contribution is 2.33. The molecule has 106 valence electrons. The Morgan fingerprint density at radius 2 is 1.85 bits per heavy atom. The minimum absolute atomic E-state index is 0.000814. The molecule has 4 nitrogen and oxygen atoms in total. The number of fused-ring (bicyclic) bond motifs is 1. The quantitative estimate of drug-likeness (QED) is 0.816. The summed E-state index contributed by atoms with van der Waals surface area (Å²) in [6, 6.07) is 5.92. The number of hydrogen-bond acceptors (Lipinski definition) is 3. The topological polar surface area (TPSA) is 39.2 Å².